The fourth-order valence-corrected chi connectivity index (χ4v) is 1.94. The number of rotatable bonds is 0. The third-order valence-corrected chi connectivity index (χ3v) is 3.30. The van der Waals surface area contributed by atoms with Crippen molar-refractivity contribution in [3.63, 3.8) is 0 Å². The summed E-state index contributed by atoms with van der Waals surface area (Å²) < 4.78 is 11.3. The second-order valence-corrected chi connectivity index (χ2v) is 4.85. The SMILES string of the molecule is CN1CCOCC12CNC(C)(C)OC2. The van der Waals surface area contributed by atoms with Gasteiger partial charge in [0.25, 0.3) is 0 Å². The second-order valence-electron chi connectivity index (χ2n) is 4.85. The lowest BCUT2D eigenvalue weighted by atomic mass is 9.95. The average Bonchev–Trinajstić information content (AvgIpc) is 2.15. The topological polar surface area (TPSA) is 33.7 Å². The summed E-state index contributed by atoms with van der Waals surface area (Å²) in [4.78, 5) is 2.35. The summed E-state index contributed by atoms with van der Waals surface area (Å²) >= 11 is 0. The predicted molar refractivity (Wildman–Crippen MR) is 54.2 cm³/mol. The number of nitrogens with one attached hydrogen (secondary N) is 1. The molecule has 0 aromatic carbocycles. The molecule has 1 unspecified atom stereocenters. The quantitative estimate of drug-likeness (QED) is 0.599. The maximum Gasteiger partial charge on any atom is 0.113 e. The Labute approximate surface area is 85.5 Å². The van der Waals surface area contributed by atoms with Crippen molar-refractivity contribution >= 4 is 0 Å². The molecule has 0 aliphatic carbocycles. The Kier molecular flexibility index (Phi) is 2.55. The lowest BCUT2D eigenvalue weighted by Gasteiger charge is -2.50. The van der Waals surface area contributed by atoms with Crippen LogP contribution in [0.15, 0.2) is 0 Å². The molecule has 4 nitrogen and oxygen atoms in total. The zero-order valence-corrected chi connectivity index (χ0v) is 9.30. The molecule has 82 valence electrons. The minimum absolute atomic E-state index is 0.0494. The number of ether oxygens (including phenoxy) is 2. The predicted octanol–water partition coefficient (Wildman–Crippen LogP) is 0.0431. The molecule has 4 heteroatoms. The minimum Gasteiger partial charge on any atom is -0.378 e. The molecule has 2 rings (SSSR count). The van der Waals surface area contributed by atoms with Gasteiger partial charge in [0.2, 0.25) is 0 Å². The normalized spacial score (nSPS) is 38.8. The first-order valence-corrected chi connectivity index (χ1v) is 5.22. The molecular weight excluding hydrogens is 180 g/mol. The van der Waals surface area contributed by atoms with Crippen molar-refractivity contribution in [2.45, 2.75) is 25.1 Å². The summed E-state index contributed by atoms with van der Waals surface area (Å²) in [6, 6.07) is 0. The van der Waals surface area contributed by atoms with Gasteiger partial charge in [0, 0.05) is 13.1 Å². The van der Waals surface area contributed by atoms with Crippen LogP contribution in [0.1, 0.15) is 13.8 Å². The first-order chi connectivity index (χ1) is 6.54. The standard InChI is InChI=1S/C10H20N2O2/c1-9(2)11-6-10(8-14-9)7-13-5-4-12(10)3/h11H,4-8H2,1-3H3. The van der Waals surface area contributed by atoms with E-state index in [9.17, 15) is 0 Å². The molecular formula is C10H20N2O2. The van der Waals surface area contributed by atoms with Crippen LogP contribution in [0.4, 0.5) is 0 Å². The highest BCUT2D eigenvalue weighted by Crippen LogP contribution is 2.25. The van der Waals surface area contributed by atoms with Gasteiger partial charge in [-0.3, -0.25) is 10.2 Å². The molecule has 0 amide bonds. The van der Waals surface area contributed by atoms with E-state index in [1.165, 1.54) is 0 Å². The molecule has 0 radical (unpaired) electrons. The van der Waals surface area contributed by atoms with Gasteiger partial charge < -0.3 is 9.47 Å². The van der Waals surface area contributed by atoms with E-state index in [1.807, 2.05) is 0 Å². The Morgan fingerprint density at radius 2 is 2.07 bits per heavy atom. The largest absolute Gasteiger partial charge is 0.378 e. The van der Waals surface area contributed by atoms with Gasteiger partial charge in [0.05, 0.1) is 25.4 Å². The fraction of sp³-hybridized carbons (Fsp3) is 1.00. The van der Waals surface area contributed by atoms with Crippen molar-refractivity contribution in [1.29, 1.82) is 0 Å². The van der Waals surface area contributed by atoms with Crippen molar-refractivity contribution in [2.75, 3.05) is 40.0 Å². The lowest BCUT2D eigenvalue weighted by Crippen LogP contribution is -2.69. The van der Waals surface area contributed by atoms with E-state index in [0.29, 0.717) is 0 Å². The van der Waals surface area contributed by atoms with Gasteiger partial charge in [-0.1, -0.05) is 0 Å². The van der Waals surface area contributed by atoms with Crippen molar-refractivity contribution in [3.8, 4) is 0 Å². The van der Waals surface area contributed by atoms with Gasteiger partial charge in [0.1, 0.15) is 5.72 Å². The van der Waals surface area contributed by atoms with E-state index in [0.717, 1.165) is 32.9 Å². The monoisotopic (exact) mass is 200 g/mol. The molecule has 0 aromatic heterocycles. The average molecular weight is 200 g/mol. The molecule has 1 spiro atoms. The zero-order valence-electron chi connectivity index (χ0n) is 9.30. The Balaban J connectivity index is 2.03. The van der Waals surface area contributed by atoms with Crippen LogP contribution < -0.4 is 5.32 Å². The second kappa shape index (κ2) is 3.45. The summed E-state index contributed by atoms with van der Waals surface area (Å²) in [6.45, 7) is 8.41. The van der Waals surface area contributed by atoms with Gasteiger partial charge in [-0.05, 0) is 20.9 Å². The Morgan fingerprint density at radius 1 is 1.29 bits per heavy atom. The third-order valence-electron chi connectivity index (χ3n) is 3.30. The molecule has 2 saturated heterocycles. The number of hydrogen-bond acceptors (Lipinski definition) is 4. The molecule has 1 N–H and O–H groups in total. The Hall–Kier alpha value is -0.160. The van der Waals surface area contributed by atoms with Crippen LogP contribution in [0, 0.1) is 0 Å². The number of hydrogen-bond donors (Lipinski definition) is 1. The van der Waals surface area contributed by atoms with Crippen LogP contribution in [-0.2, 0) is 9.47 Å². The summed E-state index contributed by atoms with van der Waals surface area (Å²) in [7, 11) is 2.14. The van der Waals surface area contributed by atoms with Crippen LogP contribution in [0.2, 0.25) is 0 Å². The van der Waals surface area contributed by atoms with E-state index in [2.05, 4.69) is 31.1 Å². The first-order valence-electron chi connectivity index (χ1n) is 5.22. The molecule has 0 aromatic rings. The van der Waals surface area contributed by atoms with Crippen LogP contribution in [0.25, 0.3) is 0 Å². The number of likely N-dealkylation sites (N-methyl/N-ethyl adjacent to an activating group) is 1. The van der Waals surface area contributed by atoms with Gasteiger partial charge in [-0.15, -0.1) is 0 Å². The molecule has 0 bridgehead atoms. The van der Waals surface area contributed by atoms with Crippen LogP contribution in [0.3, 0.4) is 0 Å². The summed E-state index contributed by atoms with van der Waals surface area (Å²) in [5.41, 5.74) is -0.142. The molecule has 2 fully saturated rings. The van der Waals surface area contributed by atoms with E-state index < -0.39 is 0 Å². The van der Waals surface area contributed by atoms with E-state index in [4.69, 9.17) is 9.47 Å². The van der Waals surface area contributed by atoms with Crippen LogP contribution in [-0.4, -0.2) is 56.1 Å². The number of nitrogens with zero attached hydrogens (tertiary/aromatic N) is 1. The highest BCUT2D eigenvalue weighted by Gasteiger charge is 2.43. The van der Waals surface area contributed by atoms with Crippen LogP contribution >= 0.6 is 0 Å². The minimum atomic E-state index is -0.191. The van der Waals surface area contributed by atoms with Crippen molar-refractivity contribution in [3.05, 3.63) is 0 Å². The maximum atomic E-state index is 5.80. The summed E-state index contributed by atoms with van der Waals surface area (Å²) in [5.74, 6) is 0. The molecule has 1 atom stereocenters. The van der Waals surface area contributed by atoms with Gasteiger partial charge in [0.15, 0.2) is 0 Å². The van der Waals surface area contributed by atoms with E-state index in [1.54, 1.807) is 0 Å². The number of morpholine rings is 1. The van der Waals surface area contributed by atoms with Gasteiger partial charge in [-0.25, -0.2) is 0 Å². The van der Waals surface area contributed by atoms with E-state index >= 15 is 0 Å². The fourth-order valence-electron chi connectivity index (χ4n) is 1.94. The smallest absolute Gasteiger partial charge is 0.113 e. The van der Waals surface area contributed by atoms with Gasteiger partial charge in [-0.2, -0.15) is 0 Å². The zero-order chi connectivity index (χ0) is 10.2. The summed E-state index contributed by atoms with van der Waals surface area (Å²) in [5, 5.41) is 3.41. The van der Waals surface area contributed by atoms with Gasteiger partial charge >= 0.3 is 0 Å². The van der Waals surface area contributed by atoms with E-state index in [-0.39, 0.29) is 11.3 Å². The first kappa shape index (κ1) is 10.4. The van der Waals surface area contributed by atoms with Crippen LogP contribution in [0.5, 0.6) is 0 Å². The Morgan fingerprint density at radius 3 is 2.64 bits per heavy atom. The van der Waals surface area contributed by atoms with Crippen molar-refractivity contribution in [2.24, 2.45) is 0 Å². The van der Waals surface area contributed by atoms with Crippen molar-refractivity contribution < 1.29 is 9.47 Å². The highest BCUT2D eigenvalue weighted by atomic mass is 16.5. The highest BCUT2D eigenvalue weighted by molar-refractivity contribution is 4.98. The Bertz CT molecular complexity index is 208. The molecule has 2 heterocycles. The molecule has 2 aliphatic rings. The molecule has 14 heavy (non-hydrogen) atoms. The summed E-state index contributed by atoms with van der Waals surface area (Å²) in [6.07, 6.45) is 0. The third kappa shape index (κ3) is 1.80. The van der Waals surface area contributed by atoms with Crippen molar-refractivity contribution in [1.82, 2.24) is 10.2 Å². The lowest BCUT2D eigenvalue weighted by molar-refractivity contribution is -0.171. The molecule has 2 aliphatic heterocycles. The maximum absolute atomic E-state index is 5.80. The molecule has 0 saturated carbocycles.